The average molecular weight is 490 g/mol. The van der Waals surface area contributed by atoms with Gasteiger partial charge in [0.2, 0.25) is 15.9 Å². The predicted octanol–water partition coefficient (Wildman–Crippen LogP) is 3.89. The molecule has 2 saturated carbocycles. The summed E-state index contributed by atoms with van der Waals surface area (Å²) in [7, 11) is -1.90. The molecule has 0 bridgehead atoms. The zero-order valence-corrected chi connectivity index (χ0v) is 21.3. The van der Waals surface area contributed by atoms with Gasteiger partial charge in [0, 0.05) is 51.3 Å². The second kappa shape index (κ2) is 11.2. The lowest BCUT2D eigenvalue weighted by Gasteiger charge is -2.35. The maximum atomic E-state index is 13.0. The molecule has 0 N–H and O–H groups in total. The number of carbonyl (C=O) groups is 2. The van der Waals surface area contributed by atoms with Crippen molar-refractivity contribution >= 4 is 21.8 Å². The van der Waals surface area contributed by atoms with Gasteiger partial charge in [-0.15, -0.1) is 0 Å². The van der Waals surface area contributed by atoms with E-state index in [-0.39, 0.29) is 22.8 Å². The van der Waals surface area contributed by atoms with Gasteiger partial charge in [-0.25, -0.2) is 8.42 Å². The first-order valence-electron chi connectivity index (χ1n) is 13.0. The molecule has 7 nitrogen and oxygen atoms in total. The standard InChI is InChI=1S/C26H39N3O4S/c1-27(23-9-3-2-4-10-23)34(32,33)24-14-12-22(13-15-24)26(31)29-19-17-28(18-20-29)25(30)16-11-21-7-5-6-8-21/h12-15,21,23H,2-11,16-20H2,1H3. The van der Waals surface area contributed by atoms with E-state index in [1.165, 1.54) is 36.4 Å². The summed E-state index contributed by atoms with van der Waals surface area (Å²) >= 11 is 0. The number of nitrogens with zero attached hydrogens (tertiary/aromatic N) is 3. The summed E-state index contributed by atoms with van der Waals surface area (Å²) in [6.07, 6.45) is 11.8. The Morgan fingerprint density at radius 2 is 1.41 bits per heavy atom. The minimum absolute atomic E-state index is 0.0530. The first-order valence-corrected chi connectivity index (χ1v) is 14.5. The molecule has 4 rings (SSSR count). The smallest absolute Gasteiger partial charge is 0.253 e. The number of hydrogen-bond donors (Lipinski definition) is 0. The lowest BCUT2D eigenvalue weighted by atomic mass is 9.96. The Morgan fingerprint density at radius 1 is 0.853 bits per heavy atom. The molecule has 1 aromatic rings. The number of benzene rings is 1. The van der Waals surface area contributed by atoms with Crippen LogP contribution in [0.25, 0.3) is 0 Å². The van der Waals surface area contributed by atoms with Crippen LogP contribution in [-0.2, 0) is 14.8 Å². The molecule has 0 radical (unpaired) electrons. The highest BCUT2D eigenvalue weighted by molar-refractivity contribution is 7.89. The Hall–Kier alpha value is -1.93. The Bertz CT molecular complexity index is 943. The molecule has 1 heterocycles. The molecule has 1 aliphatic heterocycles. The lowest BCUT2D eigenvalue weighted by molar-refractivity contribution is -0.133. The minimum atomic E-state index is -3.57. The van der Waals surface area contributed by atoms with E-state index in [2.05, 4.69) is 0 Å². The zero-order chi connectivity index (χ0) is 24.1. The molecule has 0 spiro atoms. The molecule has 0 aromatic heterocycles. The summed E-state index contributed by atoms with van der Waals surface area (Å²) in [5, 5.41) is 0. The molecule has 188 valence electrons. The Balaban J connectivity index is 1.29. The molecule has 2 amide bonds. The largest absolute Gasteiger partial charge is 0.339 e. The molecular weight excluding hydrogens is 450 g/mol. The number of piperazine rings is 1. The van der Waals surface area contributed by atoms with Gasteiger partial charge in [0.25, 0.3) is 5.91 Å². The van der Waals surface area contributed by atoms with Gasteiger partial charge < -0.3 is 9.80 Å². The highest BCUT2D eigenvalue weighted by atomic mass is 32.2. The van der Waals surface area contributed by atoms with Crippen LogP contribution < -0.4 is 0 Å². The van der Waals surface area contributed by atoms with E-state index in [4.69, 9.17) is 0 Å². The van der Waals surface area contributed by atoms with E-state index in [0.717, 1.165) is 32.1 Å². The van der Waals surface area contributed by atoms with E-state index in [9.17, 15) is 18.0 Å². The third-order valence-corrected chi connectivity index (χ3v) is 9.95. The van der Waals surface area contributed by atoms with Crippen LogP contribution in [0.5, 0.6) is 0 Å². The van der Waals surface area contributed by atoms with Crippen LogP contribution in [0, 0.1) is 5.92 Å². The summed E-state index contributed by atoms with van der Waals surface area (Å²) in [4.78, 5) is 29.4. The summed E-state index contributed by atoms with van der Waals surface area (Å²) in [5.41, 5.74) is 0.486. The van der Waals surface area contributed by atoms with Crippen molar-refractivity contribution < 1.29 is 18.0 Å². The van der Waals surface area contributed by atoms with Crippen molar-refractivity contribution in [1.29, 1.82) is 0 Å². The van der Waals surface area contributed by atoms with Crippen molar-refractivity contribution in [3.05, 3.63) is 29.8 Å². The third kappa shape index (κ3) is 5.82. The van der Waals surface area contributed by atoms with Gasteiger partial charge in [0.1, 0.15) is 0 Å². The van der Waals surface area contributed by atoms with Crippen LogP contribution in [0.4, 0.5) is 0 Å². The average Bonchev–Trinajstić information content (AvgIpc) is 3.41. The molecule has 3 aliphatic rings. The van der Waals surface area contributed by atoms with Crippen molar-refractivity contribution in [2.45, 2.75) is 81.6 Å². The number of sulfonamides is 1. The summed E-state index contributed by atoms with van der Waals surface area (Å²) in [6.45, 7) is 2.15. The van der Waals surface area contributed by atoms with E-state index >= 15 is 0 Å². The van der Waals surface area contributed by atoms with Crippen molar-refractivity contribution in [1.82, 2.24) is 14.1 Å². The third-order valence-electron chi connectivity index (χ3n) is 8.03. The number of hydrogen-bond acceptors (Lipinski definition) is 4. The van der Waals surface area contributed by atoms with Crippen LogP contribution in [0.2, 0.25) is 0 Å². The first-order chi connectivity index (χ1) is 16.4. The van der Waals surface area contributed by atoms with Gasteiger partial charge in [-0.05, 0) is 49.4 Å². The summed E-state index contributed by atoms with van der Waals surface area (Å²) in [5.74, 6) is 0.805. The topological polar surface area (TPSA) is 78.0 Å². The van der Waals surface area contributed by atoms with Crippen molar-refractivity contribution in [3.63, 3.8) is 0 Å². The molecule has 2 aliphatic carbocycles. The van der Waals surface area contributed by atoms with Crippen LogP contribution in [0.15, 0.2) is 29.2 Å². The fraction of sp³-hybridized carbons (Fsp3) is 0.692. The van der Waals surface area contributed by atoms with Gasteiger partial charge in [-0.3, -0.25) is 9.59 Å². The fourth-order valence-corrected chi connectivity index (χ4v) is 7.12. The van der Waals surface area contributed by atoms with Crippen LogP contribution >= 0.6 is 0 Å². The minimum Gasteiger partial charge on any atom is -0.339 e. The van der Waals surface area contributed by atoms with Gasteiger partial charge in [0.05, 0.1) is 4.90 Å². The SMILES string of the molecule is CN(C1CCCCC1)S(=O)(=O)c1ccc(C(=O)N2CCN(C(=O)CCC3CCCC3)CC2)cc1. The number of rotatable bonds is 7. The van der Waals surface area contributed by atoms with Crippen LogP contribution in [0.3, 0.4) is 0 Å². The first kappa shape index (κ1) is 25.2. The van der Waals surface area contributed by atoms with Crippen LogP contribution in [0.1, 0.15) is 81.0 Å². The van der Waals surface area contributed by atoms with Crippen molar-refractivity contribution in [2.24, 2.45) is 5.92 Å². The van der Waals surface area contributed by atoms with E-state index in [0.29, 0.717) is 44.1 Å². The number of amides is 2. The maximum Gasteiger partial charge on any atom is 0.253 e. The monoisotopic (exact) mass is 489 g/mol. The second-order valence-corrected chi connectivity index (χ2v) is 12.2. The molecule has 0 atom stereocenters. The van der Waals surface area contributed by atoms with Crippen molar-refractivity contribution in [3.8, 4) is 0 Å². The van der Waals surface area contributed by atoms with E-state index in [1.807, 2.05) is 4.90 Å². The summed E-state index contributed by atoms with van der Waals surface area (Å²) in [6, 6.07) is 6.37. The maximum absolute atomic E-state index is 13.0. The number of carbonyl (C=O) groups excluding carboxylic acids is 2. The molecule has 3 fully saturated rings. The predicted molar refractivity (Wildman–Crippen MR) is 132 cm³/mol. The molecule has 8 heteroatoms. The molecular formula is C26H39N3O4S. The molecule has 0 unspecified atom stereocenters. The fourth-order valence-electron chi connectivity index (χ4n) is 5.70. The van der Waals surface area contributed by atoms with Gasteiger partial charge in [0.15, 0.2) is 0 Å². The van der Waals surface area contributed by atoms with Gasteiger partial charge in [-0.1, -0.05) is 44.9 Å². The normalized spacial score (nSPS) is 20.8. The highest BCUT2D eigenvalue weighted by Crippen LogP contribution is 2.29. The van der Waals surface area contributed by atoms with Crippen molar-refractivity contribution in [2.75, 3.05) is 33.2 Å². The molecule has 1 saturated heterocycles. The quantitative estimate of drug-likeness (QED) is 0.582. The van der Waals surface area contributed by atoms with Gasteiger partial charge >= 0.3 is 0 Å². The Kier molecular flexibility index (Phi) is 8.30. The Labute approximate surface area is 204 Å². The molecule has 1 aromatic carbocycles. The Morgan fingerprint density at radius 3 is 2.03 bits per heavy atom. The summed E-state index contributed by atoms with van der Waals surface area (Å²) < 4.78 is 27.6. The van der Waals surface area contributed by atoms with Gasteiger partial charge in [-0.2, -0.15) is 4.31 Å². The van der Waals surface area contributed by atoms with Crippen LogP contribution in [-0.4, -0.2) is 73.6 Å². The lowest BCUT2D eigenvalue weighted by Crippen LogP contribution is -2.50. The molecule has 34 heavy (non-hydrogen) atoms. The zero-order valence-electron chi connectivity index (χ0n) is 20.5. The van der Waals surface area contributed by atoms with E-state index in [1.54, 1.807) is 36.2 Å². The van der Waals surface area contributed by atoms with E-state index < -0.39 is 10.0 Å². The second-order valence-electron chi connectivity index (χ2n) is 10.2. The highest BCUT2D eigenvalue weighted by Gasteiger charge is 2.30.